The third kappa shape index (κ3) is 38.9. The molecule has 0 amide bonds. The maximum absolute atomic E-state index is 11.9. The van der Waals surface area contributed by atoms with Crippen LogP contribution in [0.5, 0.6) is 0 Å². The molecule has 0 heterocycles. The standard InChI is InChI=1S/2C20H38O7S.Ca/c2*1-3-5-7-9-11-13-15-26-19(21)17-18(28(23,24)25)20(22)27-16-14-12-10-8-6-4-2;/h2*18H,3-17H2,1-2H3,(H,23,24,25);/q;;+2/p-2. The molecule has 14 nitrogen and oxygen atoms in total. The van der Waals surface area contributed by atoms with E-state index >= 15 is 0 Å². The number of rotatable bonds is 36. The zero-order chi connectivity index (χ0) is 42.5. The molecule has 332 valence electrons. The van der Waals surface area contributed by atoms with Gasteiger partial charge in [0.25, 0.3) is 0 Å². The van der Waals surface area contributed by atoms with Gasteiger partial charge in [-0.05, 0) is 25.7 Å². The molecule has 0 aliphatic rings. The molecule has 0 aliphatic carbocycles. The summed E-state index contributed by atoms with van der Waals surface area (Å²) in [4.78, 5) is 47.4. The minimum Gasteiger partial charge on any atom is -0.747 e. The van der Waals surface area contributed by atoms with Crippen LogP contribution in [0, 0.1) is 0 Å². The first-order valence-electron chi connectivity index (χ1n) is 21.2. The molecule has 0 saturated heterocycles. The Morgan fingerprint density at radius 3 is 0.825 bits per heavy atom. The van der Waals surface area contributed by atoms with Crippen LogP contribution in [0.25, 0.3) is 0 Å². The number of esters is 4. The fourth-order valence-corrected chi connectivity index (χ4v) is 6.75. The topological polar surface area (TPSA) is 220 Å². The number of unbranched alkanes of at least 4 members (excludes halogenated alkanes) is 20. The van der Waals surface area contributed by atoms with Crippen molar-refractivity contribution < 1.29 is 64.1 Å². The Morgan fingerprint density at radius 2 is 0.596 bits per heavy atom. The Bertz CT molecular complexity index is 1130. The van der Waals surface area contributed by atoms with E-state index in [0.717, 1.165) is 116 Å². The van der Waals surface area contributed by atoms with Crippen molar-refractivity contribution in [3.63, 3.8) is 0 Å². The summed E-state index contributed by atoms with van der Waals surface area (Å²) >= 11 is 0. The molecule has 0 N–H and O–H groups in total. The van der Waals surface area contributed by atoms with Crippen molar-refractivity contribution in [2.24, 2.45) is 0 Å². The maximum atomic E-state index is 11.9. The molecule has 57 heavy (non-hydrogen) atoms. The second kappa shape index (κ2) is 40.4. The molecular formula is C40H74CaO14S2. The third-order valence-corrected chi connectivity index (χ3v) is 11.0. The van der Waals surface area contributed by atoms with E-state index < -0.39 is 67.5 Å². The van der Waals surface area contributed by atoms with Crippen molar-refractivity contribution in [2.75, 3.05) is 26.4 Å². The van der Waals surface area contributed by atoms with E-state index in [9.17, 15) is 45.1 Å². The van der Waals surface area contributed by atoms with Gasteiger partial charge in [-0.15, -0.1) is 0 Å². The van der Waals surface area contributed by atoms with Gasteiger partial charge in [-0.1, -0.05) is 156 Å². The molecule has 2 unspecified atom stereocenters. The van der Waals surface area contributed by atoms with Crippen LogP contribution < -0.4 is 0 Å². The van der Waals surface area contributed by atoms with Crippen LogP contribution >= 0.6 is 0 Å². The summed E-state index contributed by atoms with van der Waals surface area (Å²) in [5.74, 6) is -4.07. The molecule has 0 radical (unpaired) electrons. The molecular weight excluding hydrogens is 809 g/mol. The van der Waals surface area contributed by atoms with E-state index in [2.05, 4.69) is 27.7 Å². The van der Waals surface area contributed by atoms with Crippen LogP contribution in [0.1, 0.15) is 195 Å². The maximum Gasteiger partial charge on any atom is 2.00 e. The van der Waals surface area contributed by atoms with Gasteiger partial charge in [0.15, 0.2) is 10.5 Å². The number of hydrogen-bond donors (Lipinski definition) is 0. The smallest absolute Gasteiger partial charge is 0.747 e. The van der Waals surface area contributed by atoms with Crippen molar-refractivity contribution in [3.8, 4) is 0 Å². The minimum absolute atomic E-state index is 0. The van der Waals surface area contributed by atoms with Crippen LogP contribution in [0.2, 0.25) is 0 Å². The van der Waals surface area contributed by atoms with E-state index in [1.807, 2.05) is 0 Å². The van der Waals surface area contributed by atoms with Crippen LogP contribution in [-0.2, 0) is 58.4 Å². The van der Waals surface area contributed by atoms with Crippen LogP contribution in [0.3, 0.4) is 0 Å². The molecule has 0 saturated carbocycles. The first-order chi connectivity index (χ1) is 26.6. The molecule has 0 aromatic heterocycles. The second-order valence-electron chi connectivity index (χ2n) is 14.2. The van der Waals surface area contributed by atoms with Crippen molar-refractivity contribution in [2.45, 2.75) is 205 Å². The van der Waals surface area contributed by atoms with Gasteiger partial charge in [-0.3, -0.25) is 19.2 Å². The Balaban J connectivity index is -0.00000101. The normalized spacial score (nSPS) is 12.3. The summed E-state index contributed by atoms with van der Waals surface area (Å²) in [7, 11) is -9.97. The number of ether oxygens (including phenoxy) is 4. The van der Waals surface area contributed by atoms with Gasteiger partial charge < -0.3 is 28.1 Å². The molecule has 0 aromatic rings. The van der Waals surface area contributed by atoms with Gasteiger partial charge in [0.1, 0.15) is 20.2 Å². The average Bonchev–Trinajstić information content (AvgIpc) is 3.13. The summed E-state index contributed by atoms with van der Waals surface area (Å²) in [5.41, 5.74) is 0. The average molecular weight is 883 g/mol. The van der Waals surface area contributed by atoms with Gasteiger partial charge >= 0.3 is 61.6 Å². The molecule has 0 bridgehead atoms. The number of carbonyl (C=O) groups excluding carboxylic acids is 4. The van der Waals surface area contributed by atoms with Crippen molar-refractivity contribution in [3.05, 3.63) is 0 Å². The van der Waals surface area contributed by atoms with E-state index in [-0.39, 0.29) is 64.2 Å². The number of hydrogen-bond acceptors (Lipinski definition) is 14. The first kappa shape index (κ1) is 60.3. The summed E-state index contributed by atoms with van der Waals surface area (Å²) in [6.45, 7) is 8.88. The summed E-state index contributed by atoms with van der Waals surface area (Å²) in [5, 5.41) is -4.07. The van der Waals surface area contributed by atoms with E-state index in [1.54, 1.807) is 0 Å². The SMILES string of the molecule is CCCCCCCCOC(=O)CC(C(=O)OCCCCCCCC)S(=O)(=O)[O-].CCCCCCCCOC(=O)CC(C(=O)OCCCCCCCC)S(=O)(=O)[O-].[Ca+2]. The quantitative estimate of drug-likeness (QED) is 0.0193. The molecule has 2 atom stereocenters. The summed E-state index contributed by atoms with van der Waals surface area (Å²) < 4.78 is 87.7. The molecule has 0 aliphatic heterocycles. The van der Waals surface area contributed by atoms with Gasteiger partial charge in [-0.25, -0.2) is 16.8 Å². The van der Waals surface area contributed by atoms with Gasteiger partial charge in [-0.2, -0.15) is 0 Å². The molecule has 0 fully saturated rings. The fraction of sp³-hybridized carbons (Fsp3) is 0.900. The second-order valence-corrected chi connectivity index (χ2v) is 17.3. The Kier molecular flexibility index (Phi) is 42.7. The van der Waals surface area contributed by atoms with Gasteiger partial charge in [0.05, 0.1) is 39.3 Å². The molecule has 0 rings (SSSR count). The minimum atomic E-state index is -4.98. The van der Waals surface area contributed by atoms with Crippen molar-refractivity contribution in [1.29, 1.82) is 0 Å². The fourth-order valence-electron chi connectivity index (χ4n) is 5.46. The zero-order valence-corrected chi connectivity index (χ0v) is 39.4. The van der Waals surface area contributed by atoms with Crippen LogP contribution in [0.15, 0.2) is 0 Å². The van der Waals surface area contributed by atoms with Gasteiger partial charge in [0, 0.05) is 0 Å². The van der Waals surface area contributed by atoms with E-state index in [1.165, 1.54) is 12.8 Å². The Labute approximate surface area is 374 Å². The molecule has 17 heteroatoms. The third-order valence-electron chi connectivity index (χ3n) is 8.93. The van der Waals surface area contributed by atoms with Crippen molar-refractivity contribution in [1.82, 2.24) is 0 Å². The zero-order valence-electron chi connectivity index (χ0n) is 35.6. The molecule has 0 spiro atoms. The van der Waals surface area contributed by atoms with E-state index in [0.29, 0.717) is 25.7 Å². The van der Waals surface area contributed by atoms with Crippen LogP contribution in [-0.4, -0.2) is 124 Å². The Morgan fingerprint density at radius 1 is 0.386 bits per heavy atom. The molecule has 0 aromatic carbocycles. The number of carbonyl (C=O) groups is 4. The Hall–Kier alpha value is -1.04. The largest absolute Gasteiger partial charge is 2.00 e. The summed E-state index contributed by atoms with van der Waals surface area (Å²) in [6, 6.07) is 0. The van der Waals surface area contributed by atoms with Crippen molar-refractivity contribution >= 4 is 81.9 Å². The van der Waals surface area contributed by atoms with Crippen LogP contribution in [0.4, 0.5) is 0 Å². The van der Waals surface area contributed by atoms with E-state index in [4.69, 9.17) is 18.9 Å². The first-order valence-corrected chi connectivity index (χ1v) is 24.1. The monoisotopic (exact) mass is 882 g/mol. The predicted molar refractivity (Wildman–Crippen MR) is 219 cm³/mol. The summed E-state index contributed by atoms with van der Waals surface area (Å²) in [6.07, 6.45) is 22.3. The van der Waals surface area contributed by atoms with Gasteiger partial charge in [0.2, 0.25) is 0 Å². The predicted octanol–water partition coefficient (Wildman–Crippen LogP) is 7.81.